The number of hydrogen-bond donors (Lipinski definition) is 0. The van der Waals surface area contributed by atoms with Crippen molar-refractivity contribution < 1.29 is 0 Å². The van der Waals surface area contributed by atoms with Crippen LogP contribution in [0.15, 0.2) is 19.0 Å². The van der Waals surface area contributed by atoms with E-state index in [2.05, 4.69) is 0 Å². The van der Waals surface area contributed by atoms with Gasteiger partial charge in [0.1, 0.15) is 8.98 Å². The fourth-order valence-electron chi connectivity index (χ4n) is 0.408. The van der Waals surface area contributed by atoms with Crippen LogP contribution in [-0.2, 0) is 0 Å². The molecule has 0 atom stereocenters. The maximum Gasteiger partial charge on any atom is 0.121 e. The smallest absolute Gasteiger partial charge is 0.0865 e. The van der Waals surface area contributed by atoms with Gasteiger partial charge in [0, 0.05) is 10.1 Å². The molecule has 0 spiro atoms. The van der Waals surface area contributed by atoms with Gasteiger partial charge in [0.05, 0.1) is 0 Å². The number of hydrogen-bond acceptors (Lipinski definition) is 0. The van der Waals surface area contributed by atoms with Crippen LogP contribution in [0.4, 0.5) is 0 Å². The van der Waals surface area contributed by atoms with Gasteiger partial charge in [-0.15, -0.1) is 0 Å². The third-order valence-corrected chi connectivity index (χ3v) is 3.03. The Morgan fingerprint density at radius 2 is 0.833 bits per heavy atom. The van der Waals surface area contributed by atoms with Crippen molar-refractivity contribution in [1.82, 2.24) is 0 Å². The topological polar surface area (TPSA) is 0 Å². The maximum atomic E-state index is 5.61. The lowest BCUT2D eigenvalue weighted by Gasteiger charge is -1.98. The van der Waals surface area contributed by atoms with Crippen molar-refractivity contribution in [2.75, 3.05) is 0 Å². The van der Waals surface area contributed by atoms with Crippen molar-refractivity contribution in [3.8, 4) is 0 Å². The van der Waals surface area contributed by atoms with Crippen LogP contribution in [0.5, 0.6) is 0 Å². The normalized spacial score (nSPS) is 9.50. The van der Waals surface area contributed by atoms with Crippen molar-refractivity contribution in [2.45, 2.75) is 12.8 Å². The van der Waals surface area contributed by atoms with Crippen molar-refractivity contribution in [2.24, 2.45) is 0 Å². The van der Waals surface area contributed by atoms with E-state index < -0.39 is 0 Å². The molecule has 0 heterocycles. The van der Waals surface area contributed by atoms with Crippen molar-refractivity contribution in [3.05, 3.63) is 19.0 Å². The average Bonchev–Trinajstić information content (AvgIpc) is 1.98. The summed E-state index contributed by atoms with van der Waals surface area (Å²) >= 11 is 32.7. The molecule has 0 fully saturated rings. The van der Waals surface area contributed by atoms with E-state index in [9.17, 15) is 0 Å². The van der Waals surface area contributed by atoms with Gasteiger partial charge < -0.3 is 0 Å². The average molecular weight is 289 g/mol. The third kappa shape index (κ3) is 5.80. The second kappa shape index (κ2) is 6.64. The summed E-state index contributed by atoms with van der Waals surface area (Å²) < 4.78 is 0.0682. The summed E-state index contributed by atoms with van der Waals surface area (Å²) in [6.07, 6.45) is 0.845. The predicted octanol–water partition coefficient (Wildman–Crippen LogP) is 5.54. The maximum absolute atomic E-state index is 5.61. The summed E-state index contributed by atoms with van der Waals surface area (Å²) in [7, 11) is 0. The highest BCUT2D eigenvalue weighted by molar-refractivity contribution is 6.60. The second-order valence-electron chi connectivity index (χ2n) is 1.83. The third-order valence-electron chi connectivity index (χ3n) is 0.974. The summed E-state index contributed by atoms with van der Waals surface area (Å²) in [5.41, 5.74) is 0. The predicted molar refractivity (Wildman–Crippen MR) is 58.4 cm³/mol. The largest absolute Gasteiger partial charge is 0.121 e. The molecule has 0 aliphatic heterocycles. The molecular weight excluding hydrogens is 285 g/mol. The zero-order valence-electron chi connectivity index (χ0n) is 5.68. The van der Waals surface area contributed by atoms with Gasteiger partial charge >= 0.3 is 0 Å². The van der Waals surface area contributed by atoms with Gasteiger partial charge in [-0.3, -0.25) is 0 Å². The van der Waals surface area contributed by atoms with E-state index in [4.69, 9.17) is 69.6 Å². The highest BCUT2D eigenvalue weighted by Gasteiger charge is 2.03. The van der Waals surface area contributed by atoms with Crippen LogP contribution in [0.3, 0.4) is 0 Å². The fourth-order valence-corrected chi connectivity index (χ4v) is 0.975. The van der Waals surface area contributed by atoms with E-state index in [1.165, 1.54) is 0 Å². The summed E-state index contributed by atoms with van der Waals surface area (Å²) in [5, 5.41) is 0.678. The van der Waals surface area contributed by atoms with E-state index in [1.54, 1.807) is 0 Å². The molecule has 6 heteroatoms. The van der Waals surface area contributed by atoms with Gasteiger partial charge in [0.2, 0.25) is 0 Å². The van der Waals surface area contributed by atoms with Crippen molar-refractivity contribution in [1.29, 1.82) is 0 Å². The Hall–Kier alpha value is 1.22. The monoisotopic (exact) mass is 286 g/mol. The zero-order valence-corrected chi connectivity index (χ0v) is 10.2. The molecule has 0 saturated heterocycles. The Labute approximate surface area is 101 Å². The molecule has 0 radical (unpaired) electrons. The number of halogens is 6. The molecule has 0 aliphatic rings. The number of allylic oxidation sites excluding steroid dienone is 2. The van der Waals surface area contributed by atoms with Gasteiger partial charge in [-0.2, -0.15) is 0 Å². The first kappa shape index (κ1) is 13.2. The number of rotatable bonds is 3. The summed E-state index contributed by atoms with van der Waals surface area (Å²) in [6.45, 7) is 0. The fraction of sp³-hybridized carbons (Fsp3) is 0.333. The van der Waals surface area contributed by atoms with Gasteiger partial charge in [0.15, 0.2) is 0 Å². The highest BCUT2D eigenvalue weighted by Crippen LogP contribution is 2.28. The first-order valence-electron chi connectivity index (χ1n) is 2.84. The van der Waals surface area contributed by atoms with E-state index in [-0.39, 0.29) is 8.98 Å². The van der Waals surface area contributed by atoms with E-state index in [0.29, 0.717) is 22.9 Å². The summed E-state index contributed by atoms with van der Waals surface area (Å²) in [6, 6.07) is 0. The van der Waals surface area contributed by atoms with Crippen LogP contribution >= 0.6 is 69.6 Å². The summed E-state index contributed by atoms with van der Waals surface area (Å²) in [4.78, 5) is 0. The van der Waals surface area contributed by atoms with Crippen molar-refractivity contribution in [3.63, 3.8) is 0 Å². The van der Waals surface area contributed by atoms with E-state index in [0.717, 1.165) is 0 Å². The van der Waals surface area contributed by atoms with E-state index in [1.807, 2.05) is 0 Å². The van der Waals surface area contributed by atoms with Gasteiger partial charge in [0.25, 0.3) is 0 Å². The van der Waals surface area contributed by atoms with Crippen LogP contribution in [-0.4, -0.2) is 0 Å². The first-order valence-corrected chi connectivity index (χ1v) is 5.11. The van der Waals surface area contributed by atoms with Crippen LogP contribution in [0, 0.1) is 0 Å². The van der Waals surface area contributed by atoms with E-state index >= 15 is 0 Å². The minimum atomic E-state index is 0.0341. The van der Waals surface area contributed by atoms with Gasteiger partial charge in [-0.1, -0.05) is 69.6 Å². The SMILES string of the molecule is ClC(Cl)=C(Cl)CCC(Cl)=C(Cl)Cl. The Morgan fingerprint density at radius 1 is 0.583 bits per heavy atom. The minimum absolute atomic E-state index is 0.0341. The standard InChI is InChI=1S/C6H4Cl6/c7-3(5(9)10)1-2-4(8)6(11)12/h1-2H2. The molecule has 0 rings (SSSR count). The Kier molecular flexibility index (Phi) is 7.32. The molecule has 0 aromatic rings. The molecule has 12 heavy (non-hydrogen) atoms. The van der Waals surface area contributed by atoms with Gasteiger partial charge in [-0.25, -0.2) is 0 Å². The van der Waals surface area contributed by atoms with Gasteiger partial charge in [-0.05, 0) is 12.8 Å². The molecule has 0 aromatic carbocycles. The molecule has 0 aliphatic carbocycles. The molecule has 0 amide bonds. The van der Waals surface area contributed by atoms with Crippen LogP contribution in [0.25, 0.3) is 0 Å². The molecular formula is C6H4Cl6. The first-order chi connectivity index (χ1) is 5.45. The molecule has 0 unspecified atom stereocenters. The molecule has 0 nitrogen and oxygen atoms in total. The second-order valence-corrected chi connectivity index (χ2v) is 4.64. The van der Waals surface area contributed by atoms with Crippen LogP contribution < -0.4 is 0 Å². The molecule has 0 aromatic heterocycles. The lowest BCUT2D eigenvalue weighted by Crippen LogP contribution is -1.78. The zero-order chi connectivity index (χ0) is 9.72. The van der Waals surface area contributed by atoms with Crippen molar-refractivity contribution >= 4 is 69.6 Å². The Balaban J connectivity index is 4.03. The Morgan fingerprint density at radius 3 is 1.00 bits per heavy atom. The minimum Gasteiger partial charge on any atom is -0.0865 e. The quantitative estimate of drug-likeness (QED) is 0.640. The lowest BCUT2D eigenvalue weighted by atomic mass is 10.3. The van der Waals surface area contributed by atoms with Crippen LogP contribution in [0.2, 0.25) is 0 Å². The summed E-state index contributed by atoms with van der Waals surface area (Å²) in [5.74, 6) is 0. The molecule has 0 N–H and O–H groups in total. The highest BCUT2D eigenvalue weighted by atomic mass is 35.5. The Bertz CT molecular complexity index is 184. The molecule has 0 saturated carbocycles. The molecule has 0 bridgehead atoms. The molecule has 70 valence electrons. The van der Waals surface area contributed by atoms with Crippen LogP contribution in [0.1, 0.15) is 12.8 Å². The lowest BCUT2D eigenvalue weighted by molar-refractivity contribution is 1.02.